The monoisotopic (exact) mass is 499 g/mol. The Morgan fingerprint density at radius 2 is 1.91 bits per heavy atom. The number of hydrogen-bond acceptors (Lipinski definition) is 6. The molecule has 0 saturated carbocycles. The molecule has 0 bridgehead atoms. The first-order valence-electron chi connectivity index (χ1n) is 12.0. The van der Waals surface area contributed by atoms with Crippen molar-refractivity contribution in [1.82, 2.24) is 14.7 Å². The van der Waals surface area contributed by atoms with Gasteiger partial charge < -0.3 is 19.3 Å². The Bertz CT molecular complexity index is 1140. The highest BCUT2D eigenvalue weighted by molar-refractivity contribution is 6.32. The molecule has 1 atom stereocenters. The highest BCUT2D eigenvalue weighted by Gasteiger charge is 2.34. The second kappa shape index (κ2) is 11.3. The van der Waals surface area contributed by atoms with Crippen molar-refractivity contribution in [3.05, 3.63) is 70.5 Å². The molecule has 7 nitrogen and oxygen atoms in total. The lowest BCUT2D eigenvalue weighted by Gasteiger charge is -2.39. The minimum atomic E-state index is -0.932. The normalized spacial score (nSPS) is 18.4. The number of methoxy groups -OCH3 is 1. The summed E-state index contributed by atoms with van der Waals surface area (Å²) in [5, 5.41) is 16.1. The predicted octanol–water partition coefficient (Wildman–Crippen LogP) is 4.65. The van der Waals surface area contributed by atoms with Crippen molar-refractivity contribution in [2.45, 2.75) is 45.4 Å². The van der Waals surface area contributed by atoms with E-state index in [0.29, 0.717) is 54.9 Å². The van der Waals surface area contributed by atoms with Gasteiger partial charge in [0.2, 0.25) is 0 Å². The van der Waals surface area contributed by atoms with E-state index in [1.165, 1.54) is 0 Å². The Labute approximate surface area is 212 Å². The maximum atomic E-state index is 11.2. The van der Waals surface area contributed by atoms with Crippen LogP contribution in [0.15, 0.2) is 48.8 Å². The molecule has 35 heavy (non-hydrogen) atoms. The Hall–Kier alpha value is -2.74. The molecule has 0 amide bonds. The van der Waals surface area contributed by atoms with Gasteiger partial charge in [-0.05, 0) is 74.2 Å². The number of nitrogens with zero attached hydrogens (tertiary/aromatic N) is 3. The summed E-state index contributed by atoms with van der Waals surface area (Å²) in [5.74, 6) is 2.02. The molecule has 1 aliphatic heterocycles. The van der Waals surface area contributed by atoms with Gasteiger partial charge in [0.1, 0.15) is 24.6 Å². The van der Waals surface area contributed by atoms with Crippen LogP contribution in [0.2, 0.25) is 5.02 Å². The number of aliphatic hydroxyl groups is 1. The fourth-order valence-electron chi connectivity index (χ4n) is 4.42. The highest BCUT2D eigenvalue weighted by atomic mass is 35.5. The summed E-state index contributed by atoms with van der Waals surface area (Å²) in [4.78, 5) is 2.25. The van der Waals surface area contributed by atoms with Crippen molar-refractivity contribution in [3.8, 4) is 17.2 Å². The zero-order valence-corrected chi connectivity index (χ0v) is 21.4. The summed E-state index contributed by atoms with van der Waals surface area (Å²) in [6.07, 6.45) is 5.41. The van der Waals surface area contributed by atoms with Crippen LogP contribution < -0.4 is 14.2 Å². The van der Waals surface area contributed by atoms with E-state index in [1.807, 2.05) is 67.3 Å². The zero-order chi connectivity index (χ0) is 24.8. The van der Waals surface area contributed by atoms with Gasteiger partial charge in [-0.3, -0.25) is 9.58 Å². The largest absolute Gasteiger partial charge is 0.493 e. The lowest BCUT2D eigenvalue weighted by Crippen LogP contribution is -2.51. The number of ether oxygens (including phenoxy) is 3. The average molecular weight is 500 g/mol. The van der Waals surface area contributed by atoms with Gasteiger partial charge in [0.15, 0.2) is 11.5 Å². The Kier molecular flexibility index (Phi) is 8.21. The molecule has 0 aliphatic carbocycles. The van der Waals surface area contributed by atoms with E-state index in [9.17, 15) is 5.11 Å². The maximum absolute atomic E-state index is 11.2. The van der Waals surface area contributed by atoms with E-state index in [1.54, 1.807) is 7.11 Å². The van der Waals surface area contributed by atoms with Gasteiger partial charge in [0.05, 0.1) is 24.9 Å². The number of aromatic nitrogens is 2. The number of β-amino-alcohol motifs (C(OH)–C–C–N with tert-alkyl or cyclic N) is 1. The molecule has 1 saturated heterocycles. The van der Waals surface area contributed by atoms with Crippen LogP contribution in [0, 0.1) is 13.8 Å². The van der Waals surface area contributed by atoms with Gasteiger partial charge in [-0.2, -0.15) is 5.10 Å². The summed E-state index contributed by atoms with van der Waals surface area (Å²) < 4.78 is 19.3. The minimum Gasteiger partial charge on any atom is -0.493 e. The van der Waals surface area contributed by atoms with Crippen LogP contribution in [-0.2, 0) is 13.1 Å². The Morgan fingerprint density at radius 3 is 2.69 bits per heavy atom. The number of rotatable bonds is 10. The molecule has 1 fully saturated rings. The SMILES string of the molecule is COc1ccc(CN2CCC[C@](O)(COc3cc(C)ccc3Cl)C2)cc1OCCn1cc(C)cn1. The van der Waals surface area contributed by atoms with Crippen molar-refractivity contribution in [2.75, 3.05) is 33.4 Å². The molecule has 1 N–H and O–H groups in total. The standard InChI is InChI=1S/C27H34ClN3O4/c1-20-5-7-23(28)25(13-20)35-19-27(32)9-4-10-30(18-27)17-22-6-8-24(33-3)26(14-22)34-12-11-31-16-21(2)15-29-31/h5-8,13-16,32H,4,9-12,17-19H2,1-3H3/t27-/m1/s1. The van der Waals surface area contributed by atoms with E-state index in [0.717, 1.165) is 29.7 Å². The molecule has 0 unspecified atom stereocenters. The third-order valence-corrected chi connectivity index (χ3v) is 6.50. The molecular formula is C27H34ClN3O4. The van der Waals surface area contributed by atoms with E-state index in [4.69, 9.17) is 25.8 Å². The maximum Gasteiger partial charge on any atom is 0.161 e. The van der Waals surface area contributed by atoms with Crippen molar-refractivity contribution >= 4 is 11.6 Å². The van der Waals surface area contributed by atoms with Crippen LogP contribution in [0.1, 0.15) is 29.5 Å². The van der Waals surface area contributed by atoms with Crippen LogP contribution in [0.3, 0.4) is 0 Å². The number of piperidine rings is 1. The number of benzene rings is 2. The number of likely N-dealkylation sites (tertiary alicyclic amines) is 1. The molecule has 1 aromatic heterocycles. The third kappa shape index (κ3) is 6.90. The van der Waals surface area contributed by atoms with Crippen LogP contribution in [-0.4, -0.2) is 58.8 Å². The smallest absolute Gasteiger partial charge is 0.161 e. The first kappa shape index (κ1) is 25.4. The number of halogens is 1. The second-order valence-corrected chi connectivity index (χ2v) is 9.78. The van der Waals surface area contributed by atoms with Crippen molar-refractivity contribution in [1.29, 1.82) is 0 Å². The number of hydrogen-bond donors (Lipinski definition) is 1. The quantitative estimate of drug-likeness (QED) is 0.438. The van der Waals surface area contributed by atoms with Crippen molar-refractivity contribution < 1.29 is 19.3 Å². The molecule has 2 aromatic carbocycles. The van der Waals surface area contributed by atoms with Gasteiger partial charge in [-0.25, -0.2) is 0 Å². The van der Waals surface area contributed by atoms with Crippen LogP contribution in [0.4, 0.5) is 0 Å². The summed E-state index contributed by atoms with van der Waals surface area (Å²) in [6.45, 7) is 7.50. The topological polar surface area (TPSA) is 69.0 Å². The van der Waals surface area contributed by atoms with Gasteiger partial charge in [-0.1, -0.05) is 23.7 Å². The summed E-state index contributed by atoms with van der Waals surface area (Å²) in [7, 11) is 1.64. The first-order valence-corrected chi connectivity index (χ1v) is 12.3. The lowest BCUT2D eigenvalue weighted by molar-refractivity contribution is -0.0621. The number of aryl methyl sites for hydroxylation is 2. The molecule has 8 heteroatoms. The highest BCUT2D eigenvalue weighted by Crippen LogP contribution is 2.31. The van der Waals surface area contributed by atoms with Gasteiger partial charge in [0.25, 0.3) is 0 Å². The van der Waals surface area contributed by atoms with E-state index in [2.05, 4.69) is 10.00 Å². The Morgan fingerprint density at radius 1 is 1.06 bits per heavy atom. The van der Waals surface area contributed by atoms with Crippen molar-refractivity contribution in [2.24, 2.45) is 0 Å². The minimum absolute atomic E-state index is 0.205. The predicted molar refractivity (Wildman–Crippen MR) is 137 cm³/mol. The fourth-order valence-corrected chi connectivity index (χ4v) is 4.59. The molecule has 2 heterocycles. The molecule has 0 spiro atoms. The van der Waals surface area contributed by atoms with Gasteiger partial charge >= 0.3 is 0 Å². The molecule has 188 valence electrons. The fraction of sp³-hybridized carbons (Fsp3) is 0.444. The van der Waals surface area contributed by atoms with Gasteiger partial charge in [0, 0.05) is 19.3 Å². The third-order valence-electron chi connectivity index (χ3n) is 6.19. The van der Waals surface area contributed by atoms with Gasteiger partial charge in [-0.15, -0.1) is 0 Å². The summed E-state index contributed by atoms with van der Waals surface area (Å²) in [5.41, 5.74) is 2.36. The first-order chi connectivity index (χ1) is 16.8. The molecule has 3 aromatic rings. The second-order valence-electron chi connectivity index (χ2n) is 9.38. The van der Waals surface area contributed by atoms with Crippen LogP contribution in [0.25, 0.3) is 0 Å². The average Bonchev–Trinajstić information content (AvgIpc) is 3.25. The lowest BCUT2D eigenvalue weighted by atomic mass is 9.93. The van der Waals surface area contributed by atoms with E-state index in [-0.39, 0.29) is 6.61 Å². The molecule has 1 aliphatic rings. The zero-order valence-electron chi connectivity index (χ0n) is 20.7. The summed E-state index contributed by atoms with van der Waals surface area (Å²) >= 11 is 6.26. The molecule has 0 radical (unpaired) electrons. The van der Waals surface area contributed by atoms with E-state index >= 15 is 0 Å². The van der Waals surface area contributed by atoms with Crippen LogP contribution >= 0.6 is 11.6 Å². The molecular weight excluding hydrogens is 466 g/mol. The van der Waals surface area contributed by atoms with Crippen molar-refractivity contribution in [3.63, 3.8) is 0 Å². The summed E-state index contributed by atoms with van der Waals surface area (Å²) in [6, 6.07) is 11.7. The van der Waals surface area contributed by atoms with Crippen LogP contribution in [0.5, 0.6) is 17.2 Å². The molecule has 4 rings (SSSR count). The van der Waals surface area contributed by atoms with E-state index < -0.39 is 5.60 Å². The Balaban J connectivity index is 1.35.